The van der Waals surface area contributed by atoms with Crippen LogP contribution in [-0.4, -0.2) is 4.98 Å². The van der Waals surface area contributed by atoms with Gasteiger partial charge in [0.25, 0.3) is 0 Å². The van der Waals surface area contributed by atoms with Crippen molar-refractivity contribution in [3.05, 3.63) is 52.5 Å². The second-order valence-corrected chi connectivity index (χ2v) is 6.27. The van der Waals surface area contributed by atoms with Crippen LogP contribution in [0.3, 0.4) is 0 Å². The lowest BCUT2D eigenvalue weighted by atomic mass is 10.0. The van der Waals surface area contributed by atoms with Crippen molar-refractivity contribution in [1.29, 1.82) is 5.26 Å². The van der Waals surface area contributed by atoms with Crippen LogP contribution in [0.1, 0.15) is 22.6 Å². The number of nitrogens with zero attached hydrogens (tertiary/aromatic N) is 2. The molecule has 0 atom stereocenters. The number of rotatable bonds is 2. The third-order valence-electron chi connectivity index (χ3n) is 3.88. The van der Waals surface area contributed by atoms with Gasteiger partial charge in [-0.05, 0) is 31.4 Å². The molecule has 0 saturated heterocycles. The number of aryl methyl sites for hydroxylation is 2. The smallest absolute Gasteiger partial charge is 0.187 e. The van der Waals surface area contributed by atoms with E-state index in [0.717, 1.165) is 34.4 Å². The fourth-order valence-corrected chi connectivity index (χ4v) is 3.93. The fraction of sp³-hybridized carbons (Fsp3) is 0.176. The lowest BCUT2D eigenvalue weighted by molar-refractivity contribution is 0.900. The van der Waals surface area contributed by atoms with Crippen LogP contribution >= 0.6 is 11.3 Å². The van der Waals surface area contributed by atoms with E-state index < -0.39 is 0 Å². The van der Waals surface area contributed by atoms with E-state index in [2.05, 4.69) is 16.4 Å². The van der Waals surface area contributed by atoms with Crippen molar-refractivity contribution in [2.75, 3.05) is 5.32 Å². The van der Waals surface area contributed by atoms with Crippen LogP contribution in [0.2, 0.25) is 0 Å². The maximum Gasteiger partial charge on any atom is 0.187 e. The zero-order valence-corrected chi connectivity index (χ0v) is 12.2. The lowest BCUT2D eigenvalue weighted by Gasteiger charge is -2.08. The number of fused-ring (bicyclic) bond motifs is 2. The van der Waals surface area contributed by atoms with E-state index in [1.54, 1.807) is 11.3 Å². The summed E-state index contributed by atoms with van der Waals surface area (Å²) in [6.07, 6.45) is 3.48. The van der Waals surface area contributed by atoms with Crippen molar-refractivity contribution in [3.63, 3.8) is 0 Å². The number of anilines is 2. The summed E-state index contributed by atoms with van der Waals surface area (Å²) < 4.78 is 0. The first-order chi connectivity index (χ1) is 10.3. The van der Waals surface area contributed by atoms with Crippen molar-refractivity contribution in [2.24, 2.45) is 0 Å². The highest BCUT2D eigenvalue weighted by Crippen LogP contribution is 2.34. The van der Waals surface area contributed by atoms with E-state index in [1.807, 2.05) is 36.4 Å². The Bertz CT molecular complexity index is 852. The molecule has 3 aromatic rings. The normalized spacial score (nSPS) is 13.1. The molecule has 4 rings (SSSR count). The van der Waals surface area contributed by atoms with Gasteiger partial charge < -0.3 is 5.32 Å². The molecule has 1 aliphatic carbocycles. The Morgan fingerprint density at radius 3 is 2.76 bits per heavy atom. The molecule has 102 valence electrons. The summed E-state index contributed by atoms with van der Waals surface area (Å²) in [4.78, 5) is 6.09. The van der Waals surface area contributed by atoms with Gasteiger partial charge >= 0.3 is 0 Å². The van der Waals surface area contributed by atoms with Crippen molar-refractivity contribution in [1.82, 2.24) is 4.98 Å². The zero-order valence-electron chi connectivity index (χ0n) is 11.4. The summed E-state index contributed by atoms with van der Waals surface area (Å²) in [6, 6.07) is 14.1. The van der Waals surface area contributed by atoms with Crippen molar-refractivity contribution in [3.8, 4) is 6.07 Å². The van der Waals surface area contributed by atoms with Gasteiger partial charge in [0.15, 0.2) is 5.13 Å². The molecule has 3 nitrogen and oxygen atoms in total. The van der Waals surface area contributed by atoms with Gasteiger partial charge in [0.2, 0.25) is 0 Å². The van der Waals surface area contributed by atoms with Crippen molar-refractivity contribution in [2.45, 2.75) is 19.3 Å². The van der Waals surface area contributed by atoms with Gasteiger partial charge in [0.05, 0.1) is 17.3 Å². The van der Waals surface area contributed by atoms with Gasteiger partial charge in [-0.3, -0.25) is 0 Å². The second kappa shape index (κ2) is 4.87. The van der Waals surface area contributed by atoms with Gasteiger partial charge in [0.1, 0.15) is 0 Å². The Balaban J connectivity index is 1.78. The minimum Gasteiger partial charge on any atom is -0.331 e. The van der Waals surface area contributed by atoms with Crippen LogP contribution in [0, 0.1) is 11.3 Å². The Kier molecular flexibility index (Phi) is 2.87. The summed E-state index contributed by atoms with van der Waals surface area (Å²) in [5.41, 5.74) is 2.97. The summed E-state index contributed by atoms with van der Waals surface area (Å²) in [7, 11) is 0. The molecule has 0 aliphatic heterocycles. The molecular formula is C17H13N3S. The number of benzene rings is 2. The Labute approximate surface area is 126 Å². The molecule has 0 amide bonds. The molecule has 0 spiro atoms. The van der Waals surface area contributed by atoms with Crippen LogP contribution in [0.25, 0.3) is 10.8 Å². The maximum atomic E-state index is 9.21. The van der Waals surface area contributed by atoms with Crippen LogP contribution < -0.4 is 5.32 Å². The summed E-state index contributed by atoms with van der Waals surface area (Å²) in [5.74, 6) is 0. The highest BCUT2D eigenvalue weighted by atomic mass is 32.1. The molecule has 0 bridgehead atoms. The first-order valence-corrected chi connectivity index (χ1v) is 7.84. The van der Waals surface area contributed by atoms with Gasteiger partial charge in [0, 0.05) is 21.3 Å². The number of aromatic nitrogens is 1. The summed E-state index contributed by atoms with van der Waals surface area (Å²) in [6.45, 7) is 0. The number of nitriles is 1. The topological polar surface area (TPSA) is 48.7 Å². The largest absolute Gasteiger partial charge is 0.331 e. The predicted octanol–water partition coefficient (Wildman–Crippen LogP) is 4.40. The zero-order chi connectivity index (χ0) is 14.2. The van der Waals surface area contributed by atoms with Gasteiger partial charge in [-0.15, -0.1) is 11.3 Å². The molecule has 0 unspecified atom stereocenters. The van der Waals surface area contributed by atoms with Crippen LogP contribution in [-0.2, 0) is 12.8 Å². The summed E-state index contributed by atoms with van der Waals surface area (Å²) in [5, 5.41) is 15.6. The quantitative estimate of drug-likeness (QED) is 0.761. The molecule has 0 saturated carbocycles. The monoisotopic (exact) mass is 291 g/mol. The SMILES string of the molecule is N#Cc1ccc(Nc2nc3c(s2)CCC3)c2ccccc12. The minimum absolute atomic E-state index is 0.706. The van der Waals surface area contributed by atoms with Crippen molar-refractivity contribution >= 4 is 32.9 Å². The third kappa shape index (κ3) is 2.07. The van der Waals surface area contributed by atoms with Crippen molar-refractivity contribution < 1.29 is 0 Å². The number of nitrogens with one attached hydrogen (secondary N) is 1. The molecule has 1 aromatic heterocycles. The van der Waals surface area contributed by atoms with E-state index in [-0.39, 0.29) is 0 Å². The third-order valence-corrected chi connectivity index (χ3v) is 4.95. The molecule has 0 fully saturated rings. The van der Waals surface area contributed by atoms with Crippen LogP contribution in [0.5, 0.6) is 0 Å². The number of hydrogen-bond donors (Lipinski definition) is 1. The molecule has 1 N–H and O–H groups in total. The number of thiazole rings is 1. The van der Waals surface area contributed by atoms with Gasteiger partial charge in [-0.2, -0.15) is 5.26 Å². The molecule has 1 heterocycles. The molecule has 0 radical (unpaired) electrons. The molecule has 1 aliphatic rings. The molecule has 4 heteroatoms. The number of hydrogen-bond acceptors (Lipinski definition) is 4. The lowest BCUT2D eigenvalue weighted by Crippen LogP contribution is -1.93. The van der Waals surface area contributed by atoms with E-state index >= 15 is 0 Å². The highest BCUT2D eigenvalue weighted by Gasteiger charge is 2.17. The van der Waals surface area contributed by atoms with E-state index in [1.165, 1.54) is 17.0 Å². The molecule has 21 heavy (non-hydrogen) atoms. The van der Waals surface area contributed by atoms with Crippen LogP contribution in [0.15, 0.2) is 36.4 Å². The predicted molar refractivity (Wildman–Crippen MR) is 86.1 cm³/mol. The van der Waals surface area contributed by atoms with Gasteiger partial charge in [-0.25, -0.2) is 4.98 Å². The van der Waals surface area contributed by atoms with E-state index in [9.17, 15) is 5.26 Å². The minimum atomic E-state index is 0.706. The highest BCUT2D eigenvalue weighted by molar-refractivity contribution is 7.15. The average molecular weight is 291 g/mol. The second-order valence-electron chi connectivity index (χ2n) is 5.19. The van der Waals surface area contributed by atoms with Crippen LogP contribution in [0.4, 0.5) is 10.8 Å². The van der Waals surface area contributed by atoms with E-state index in [4.69, 9.17) is 0 Å². The molecular weight excluding hydrogens is 278 g/mol. The maximum absolute atomic E-state index is 9.21. The average Bonchev–Trinajstić information content (AvgIpc) is 3.09. The Morgan fingerprint density at radius 1 is 1.10 bits per heavy atom. The standard InChI is InChI=1S/C17H13N3S/c18-10-11-8-9-14(13-5-2-1-4-12(11)13)19-17-20-15-6-3-7-16(15)21-17/h1-2,4-5,8-9H,3,6-7H2,(H,19,20). The Hall–Kier alpha value is -2.38. The Morgan fingerprint density at radius 2 is 1.95 bits per heavy atom. The fourth-order valence-electron chi connectivity index (χ4n) is 2.86. The van der Waals surface area contributed by atoms with E-state index in [0.29, 0.717) is 5.56 Å². The van der Waals surface area contributed by atoms with Gasteiger partial charge in [-0.1, -0.05) is 24.3 Å². The summed E-state index contributed by atoms with van der Waals surface area (Å²) >= 11 is 1.75. The first kappa shape index (κ1) is 12.4. The first-order valence-electron chi connectivity index (χ1n) is 7.02. The molecule has 2 aromatic carbocycles.